The molecule has 8 heteroatoms. The second-order valence-electron chi connectivity index (χ2n) is 7.00. The number of H-pyrrole nitrogens is 1. The zero-order chi connectivity index (χ0) is 20.0. The fourth-order valence-electron chi connectivity index (χ4n) is 3.87. The first kappa shape index (κ1) is 17.7. The average Bonchev–Trinajstić information content (AvgIpc) is 3.32. The summed E-state index contributed by atoms with van der Waals surface area (Å²) in [7, 11) is 0. The van der Waals surface area contributed by atoms with E-state index in [1.165, 1.54) is 11.6 Å². The van der Waals surface area contributed by atoms with Gasteiger partial charge in [0.05, 0.1) is 11.6 Å². The Labute approximate surface area is 164 Å². The van der Waals surface area contributed by atoms with E-state index in [0.717, 1.165) is 24.5 Å². The molecule has 146 valence electrons. The molecule has 5 nitrogen and oxygen atoms in total. The SMILES string of the molecule is FC(F)(F)c1ccc(N[C@@H]2CCc3ccccc32)nc1-c1n[nH]c2ncccc12. The van der Waals surface area contributed by atoms with Crippen LogP contribution in [0.15, 0.2) is 54.7 Å². The van der Waals surface area contributed by atoms with Crippen molar-refractivity contribution in [3.05, 3.63) is 71.4 Å². The van der Waals surface area contributed by atoms with Crippen molar-refractivity contribution in [3.8, 4) is 11.4 Å². The van der Waals surface area contributed by atoms with Gasteiger partial charge in [0.25, 0.3) is 0 Å². The molecule has 0 saturated heterocycles. The van der Waals surface area contributed by atoms with E-state index in [0.29, 0.717) is 16.9 Å². The molecule has 0 amide bonds. The number of hydrogen-bond donors (Lipinski definition) is 2. The molecule has 4 aromatic rings. The van der Waals surface area contributed by atoms with Gasteiger partial charge in [-0.25, -0.2) is 9.97 Å². The third kappa shape index (κ3) is 3.10. The van der Waals surface area contributed by atoms with Gasteiger partial charge >= 0.3 is 6.18 Å². The molecule has 1 aromatic carbocycles. The molecule has 1 aliphatic carbocycles. The number of rotatable bonds is 3. The van der Waals surface area contributed by atoms with Crippen LogP contribution in [-0.4, -0.2) is 20.2 Å². The van der Waals surface area contributed by atoms with E-state index < -0.39 is 11.7 Å². The average molecular weight is 395 g/mol. The van der Waals surface area contributed by atoms with Crippen molar-refractivity contribution in [2.24, 2.45) is 0 Å². The first-order valence-electron chi connectivity index (χ1n) is 9.23. The van der Waals surface area contributed by atoms with Crippen molar-refractivity contribution >= 4 is 16.9 Å². The summed E-state index contributed by atoms with van der Waals surface area (Å²) in [6.07, 6.45) is -1.20. The van der Waals surface area contributed by atoms with Gasteiger partial charge in [-0.05, 0) is 48.2 Å². The summed E-state index contributed by atoms with van der Waals surface area (Å²) in [5, 5.41) is 10.5. The number of fused-ring (bicyclic) bond motifs is 2. The van der Waals surface area contributed by atoms with Crippen molar-refractivity contribution in [1.82, 2.24) is 20.2 Å². The van der Waals surface area contributed by atoms with Crippen molar-refractivity contribution in [2.45, 2.75) is 25.1 Å². The van der Waals surface area contributed by atoms with E-state index in [1.54, 1.807) is 18.3 Å². The highest BCUT2D eigenvalue weighted by Gasteiger charge is 2.36. The molecule has 0 spiro atoms. The number of aromatic nitrogens is 4. The topological polar surface area (TPSA) is 66.5 Å². The number of anilines is 1. The van der Waals surface area contributed by atoms with Crippen molar-refractivity contribution < 1.29 is 13.2 Å². The maximum absolute atomic E-state index is 13.7. The maximum Gasteiger partial charge on any atom is 0.418 e. The molecular formula is C21H16F3N5. The van der Waals surface area contributed by atoms with E-state index in [-0.39, 0.29) is 17.4 Å². The number of aryl methyl sites for hydroxylation is 1. The number of hydrogen-bond acceptors (Lipinski definition) is 4. The molecule has 0 bridgehead atoms. The van der Waals surface area contributed by atoms with E-state index in [9.17, 15) is 13.2 Å². The molecule has 0 fully saturated rings. The second-order valence-corrected chi connectivity index (χ2v) is 7.00. The first-order chi connectivity index (χ1) is 14.0. The highest BCUT2D eigenvalue weighted by Crippen LogP contribution is 2.39. The van der Waals surface area contributed by atoms with Crippen LogP contribution in [0.2, 0.25) is 0 Å². The predicted molar refractivity (Wildman–Crippen MR) is 103 cm³/mol. The molecule has 1 atom stereocenters. The number of nitrogens with one attached hydrogen (secondary N) is 2. The Kier molecular flexibility index (Phi) is 4.01. The molecule has 3 aromatic heterocycles. The largest absolute Gasteiger partial charge is 0.418 e. The fraction of sp³-hybridized carbons (Fsp3) is 0.190. The third-order valence-electron chi connectivity index (χ3n) is 5.22. The van der Waals surface area contributed by atoms with Crippen LogP contribution in [0, 0.1) is 0 Å². The Balaban J connectivity index is 1.58. The van der Waals surface area contributed by atoms with Gasteiger partial charge < -0.3 is 5.32 Å². The van der Waals surface area contributed by atoms with Gasteiger partial charge in [-0.1, -0.05) is 24.3 Å². The van der Waals surface area contributed by atoms with Crippen LogP contribution >= 0.6 is 0 Å². The highest BCUT2D eigenvalue weighted by molar-refractivity contribution is 5.90. The van der Waals surface area contributed by atoms with E-state index in [1.807, 2.05) is 18.2 Å². The lowest BCUT2D eigenvalue weighted by Crippen LogP contribution is -2.12. The second kappa shape index (κ2) is 6.58. The molecule has 1 aliphatic rings. The van der Waals surface area contributed by atoms with Crippen LogP contribution < -0.4 is 5.32 Å². The summed E-state index contributed by atoms with van der Waals surface area (Å²) in [6, 6.07) is 13.9. The summed E-state index contributed by atoms with van der Waals surface area (Å²) in [6.45, 7) is 0. The summed E-state index contributed by atoms with van der Waals surface area (Å²) in [4.78, 5) is 8.43. The zero-order valence-corrected chi connectivity index (χ0v) is 15.2. The molecule has 0 radical (unpaired) electrons. The van der Waals surface area contributed by atoms with E-state index >= 15 is 0 Å². The number of aromatic amines is 1. The minimum atomic E-state index is -4.55. The Morgan fingerprint density at radius 2 is 1.86 bits per heavy atom. The normalized spacial score (nSPS) is 16.2. The van der Waals surface area contributed by atoms with Gasteiger partial charge in [0.15, 0.2) is 5.65 Å². The Morgan fingerprint density at radius 1 is 1.00 bits per heavy atom. The van der Waals surface area contributed by atoms with Crippen LogP contribution in [0.1, 0.15) is 29.2 Å². The Bertz CT molecular complexity index is 1200. The minimum absolute atomic E-state index is 0.0147. The summed E-state index contributed by atoms with van der Waals surface area (Å²) in [5.41, 5.74) is 1.92. The Morgan fingerprint density at radius 3 is 2.72 bits per heavy atom. The van der Waals surface area contributed by atoms with Gasteiger partial charge in [0.1, 0.15) is 17.2 Å². The highest BCUT2D eigenvalue weighted by atomic mass is 19.4. The van der Waals surface area contributed by atoms with Crippen LogP contribution in [0.25, 0.3) is 22.4 Å². The lowest BCUT2D eigenvalue weighted by molar-refractivity contribution is -0.137. The van der Waals surface area contributed by atoms with Crippen LogP contribution in [0.5, 0.6) is 0 Å². The molecular weight excluding hydrogens is 379 g/mol. The maximum atomic E-state index is 13.7. The number of nitrogens with zero attached hydrogens (tertiary/aromatic N) is 3. The van der Waals surface area contributed by atoms with E-state index in [2.05, 4.69) is 31.5 Å². The third-order valence-corrected chi connectivity index (χ3v) is 5.22. The van der Waals surface area contributed by atoms with Crippen LogP contribution in [0.3, 0.4) is 0 Å². The van der Waals surface area contributed by atoms with Crippen molar-refractivity contribution in [3.63, 3.8) is 0 Å². The standard InChI is InChI=1S/C21H16F3N5/c22-21(23,24)15-8-10-17(26-16-9-7-12-4-1-2-5-13(12)16)27-19(15)18-14-6-3-11-25-20(14)29-28-18/h1-6,8,10-11,16H,7,9H2,(H,26,27)(H,25,28,29)/t16-/m1/s1. The van der Waals surface area contributed by atoms with Gasteiger partial charge in [-0.15, -0.1) is 0 Å². The quantitative estimate of drug-likeness (QED) is 0.504. The van der Waals surface area contributed by atoms with E-state index in [4.69, 9.17) is 0 Å². The lowest BCUT2D eigenvalue weighted by Gasteiger charge is -2.17. The van der Waals surface area contributed by atoms with Crippen molar-refractivity contribution in [2.75, 3.05) is 5.32 Å². The summed E-state index contributed by atoms with van der Waals surface area (Å²) in [5.74, 6) is 0.384. The lowest BCUT2D eigenvalue weighted by atomic mass is 10.1. The van der Waals surface area contributed by atoms with Gasteiger partial charge in [-0.2, -0.15) is 18.3 Å². The molecule has 0 saturated carbocycles. The molecule has 3 heterocycles. The number of alkyl halides is 3. The number of pyridine rings is 2. The smallest absolute Gasteiger partial charge is 0.363 e. The fourth-order valence-corrected chi connectivity index (χ4v) is 3.87. The van der Waals surface area contributed by atoms with Crippen LogP contribution in [-0.2, 0) is 12.6 Å². The van der Waals surface area contributed by atoms with Gasteiger partial charge in [0, 0.05) is 11.6 Å². The predicted octanol–water partition coefficient (Wildman–Crippen LogP) is 5.14. The number of benzene rings is 1. The van der Waals surface area contributed by atoms with Crippen molar-refractivity contribution in [1.29, 1.82) is 0 Å². The zero-order valence-electron chi connectivity index (χ0n) is 15.2. The molecule has 5 rings (SSSR count). The monoisotopic (exact) mass is 395 g/mol. The first-order valence-corrected chi connectivity index (χ1v) is 9.23. The molecule has 0 unspecified atom stereocenters. The summed E-state index contributed by atoms with van der Waals surface area (Å²) >= 11 is 0. The number of halogens is 3. The van der Waals surface area contributed by atoms with Gasteiger partial charge in [-0.3, -0.25) is 5.10 Å². The summed E-state index contributed by atoms with van der Waals surface area (Å²) < 4.78 is 41.0. The van der Waals surface area contributed by atoms with Crippen LogP contribution in [0.4, 0.5) is 19.0 Å². The molecule has 0 aliphatic heterocycles. The molecule has 2 N–H and O–H groups in total. The Hall–Kier alpha value is -3.42. The minimum Gasteiger partial charge on any atom is -0.363 e. The molecule has 29 heavy (non-hydrogen) atoms. The van der Waals surface area contributed by atoms with Gasteiger partial charge in [0.2, 0.25) is 0 Å².